The number of aliphatic hydroxyl groups is 1. The van der Waals surface area contributed by atoms with Gasteiger partial charge in [0.05, 0.1) is 11.2 Å². The van der Waals surface area contributed by atoms with Crippen LogP contribution in [0.3, 0.4) is 0 Å². The Bertz CT molecular complexity index is 501. The van der Waals surface area contributed by atoms with E-state index in [2.05, 4.69) is 0 Å². The average Bonchev–Trinajstić information content (AvgIpc) is 2.85. The van der Waals surface area contributed by atoms with E-state index in [1.54, 1.807) is 6.92 Å². The van der Waals surface area contributed by atoms with Crippen molar-refractivity contribution in [1.29, 1.82) is 0 Å². The molecule has 2 aliphatic rings. The summed E-state index contributed by atoms with van der Waals surface area (Å²) in [7, 11) is 0. The molecule has 0 amide bonds. The number of rotatable bonds is 2. The van der Waals surface area contributed by atoms with E-state index in [4.69, 9.17) is 4.74 Å². The van der Waals surface area contributed by atoms with Gasteiger partial charge in [0.1, 0.15) is 11.6 Å². The van der Waals surface area contributed by atoms with E-state index in [0.29, 0.717) is 18.6 Å². The van der Waals surface area contributed by atoms with Crippen molar-refractivity contribution in [3.05, 3.63) is 35.4 Å². The third-order valence-electron chi connectivity index (χ3n) is 5.25. The summed E-state index contributed by atoms with van der Waals surface area (Å²) in [6, 6.07) is 3.31. The van der Waals surface area contributed by atoms with Gasteiger partial charge in [-0.15, -0.1) is 0 Å². The summed E-state index contributed by atoms with van der Waals surface area (Å²) in [6.07, 6.45) is 5.84. The Morgan fingerprint density at radius 2 is 1.81 bits per heavy atom. The maximum absolute atomic E-state index is 13.4. The van der Waals surface area contributed by atoms with Gasteiger partial charge in [-0.2, -0.15) is 0 Å². The molecule has 1 heterocycles. The Morgan fingerprint density at radius 3 is 2.43 bits per heavy atom. The van der Waals surface area contributed by atoms with Gasteiger partial charge in [0.15, 0.2) is 0 Å². The highest BCUT2D eigenvalue weighted by molar-refractivity contribution is 5.25. The fraction of sp³-hybridized carbons (Fsp3) is 0.647. The molecule has 4 heteroatoms. The van der Waals surface area contributed by atoms with Crippen LogP contribution in [-0.2, 0) is 10.3 Å². The van der Waals surface area contributed by atoms with Gasteiger partial charge in [-0.3, -0.25) is 0 Å². The highest BCUT2D eigenvalue weighted by Gasteiger charge is 2.46. The van der Waals surface area contributed by atoms with E-state index >= 15 is 0 Å². The molecule has 2 nitrogen and oxygen atoms in total. The summed E-state index contributed by atoms with van der Waals surface area (Å²) in [5.41, 5.74) is -1.04. The molecular formula is C17H22F2O2. The lowest BCUT2D eigenvalue weighted by atomic mass is 9.73. The average molecular weight is 296 g/mol. The summed E-state index contributed by atoms with van der Waals surface area (Å²) >= 11 is 0. The van der Waals surface area contributed by atoms with Crippen molar-refractivity contribution in [2.24, 2.45) is 5.92 Å². The van der Waals surface area contributed by atoms with Crippen LogP contribution in [0.5, 0.6) is 0 Å². The smallest absolute Gasteiger partial charge is 0.126 e. The Balaban J connectivity index is 1.86. The summed E-state index contributed by atoms with van der Waals surface area (Å²) in [6.45, 7) is 2.28. The van der Waals surface area contributed by atoms with Gasteiger partial charge in [-0.1, -0.05) is 12.8 Å². The van der Waals surface area contributed by atoms with Gasteiger partial charge < -0.3 is 9.84 Å². The molecule has 1 spiro atoms. The van der Waals surface area contributed by atoms with Crippen LogP contribution in [0.25, 0.3) is 0 Å². The zero-order valence-corrected chi connectivity index (χ0v) is 12.4. The molecule has 21 heavy (non-hydrogen) atoms. The molecule has 1 aliphatic heterocycles. The van der Waals surface area contributed by atoms with Gasteiger partial charge in [0.2, 0.25) is 0 Å². The van der Waals surface area contributed by atoms with Crippen molar-refractivity contribution in [3.63, 3.8) is 0 Å². The summed E-state index contributed by atoms with van der Waals surface area (Å²) in [5, 5.41) is 10.9. The molecule has 0 bridgehead atoms. The molecule has 0 radical (unpaired) electrons. The van der Waals surface area contributed by atoms with Gasteiger partial charge in [0, 0.05) is 12.7 Å². The minimum atomic E-state index is -1.23. The van der Waals surface area contributed by atoms with Crippen LogP contribution < -0.4 is 0 Å². The Hall–Kier alpha value is -1.00. The third kappa shape index (κ3) is 2.84. The predicted molar refractivity (Wildman–Crippen MR) is 75.8 cm³/mol. The van der Waals surface area contributed by atoms with Crippen molar-refractivity contribution in [2.45, 2.75) is 56.7 Å². The zero-order valence-electron chi connectivity index (χ0n) is 12.4. The molecule has 2 atom stereocenters. The number of hydrogen-bond acceptors (Lipinski definition) is 2. The first kappa shape index (κ1) is 14.9. The predicted octanol–water partition coefficient (Wildman–Crippen LogP) is 3.91. The van der Waals surface area contributed by atoms with Crippen LogP contribution in [-0.4, -0.2) is 17.3 Å². The van der Waals surface area contributed by atoms with E-state index in [1.807, 2.05) is 0 Å². The molecule has 1 aliphatic carbocycles. The molecule has 1 aromatic carbocycles. The summed E-state index contributed by atoms with van der Waals surface area (Å²) < 4.78 is 32.9. The molecule has 0 aromatic heterocycles. The fourth-order valence-corrected chi connectivity index (χ4v) is 3.96. The first-order chi connectivity index (χ1) is 9.91. The third-order valence-corrected chi connectivity index (χ3v) is 5.25. The first-order valence-electron chi connectivity index (χ1n) is 7.74. The lowest BCUT2D eigenvalue weighted by molar-refractivity contribution is -0.138. The summed E-state index contributed by atoms with van der Waals surface area (Å²) in [4.78, 5) is 0. The molecule has 1 saturated carbocycles. The zero-order chi connectivity index (χ0) is 15.1. The normalized spacial score (nSPS) is 27.7. The van der Waals surface area contributed by atoms with Crippen LogP contribution >= 0.6 is 0 Å². The molecule has 3 rings (SSSR count). The quantitative estimate of drug-likeness (QED) is 0.896. The maximum atomic E-state index is 13.4. The van der Waals surface area contributed by atoms with Crippen LogP contribution in [0.2, 0.25) is 0 Å². The molecule has 1 N–H and O–H groups in total. The highest BCUT2D eigenvalue weighted by atomic mass is 19.1. The Kier molecular flexibility index (Phi) is 3.78. The van der Waals surface area contributed by atoms with Crippen LogP contribution in [0.4, 0.5) is 8.78 Å². The van der Waals surface area contributed by atoms with Crippen molar-refractivity contribution in [2.75, 3.05) is 6.61 Å². The van der Waals surface area contributed by atoms with Gasteiger partial charge >= 0.3 is 0 Å². The van der Waals surface area contributed by atoms with Crippen molar-refractivity contribution in [3.8, 4) is 0 Å². The van der Waals surface area contributed by atoms with E-state index in [1.165, 1.54) is 12.1 Å². The second-order valence-corrected chi connectivity index (χ2v) is 6.73. The molecule has 116 valence electrons. The summed E-state index contributed by atoms with van der Waals surface area (Å²) in [5.74, 6) is -1.33. The Morgan fingerprint density at radius 1 is 1.19 bits per heavy atom. The lowest BCUT2D eigenvalue weighted by Crippen LogP contribution is -2.44. The largest absolute Gasteiger partial charge is 0.385 e. The van der Waals surface area contributed by atoms with E-state index < -0.39 is 17.2 Å². The molecule has 1 aromatic rings. The monoisotopic (exact) mass is 296 g/mol. The van der Waals surface area contributed by atoms with Crippen molar-refractivity contribution in [1.82, 2.24) is 0 Å². The molecule has 1 saturated heterocycles. The lowest BCUT2D eigenvalue weighted by Gasteiger charge is -2.44. The minimum Gasteiger partial charge on any atom is -0.385 e. The van der Waals surface area contributed by atoms with Crippen LogP contribution in [0, 0.1) is 17.6 Å². The standard InChI is InChI=1S/C17H22F2O2/c1-16(20,13-8-14(18)10-15(19)9-13)12-4-7-21-17(11-12)5-2-3-6-17/h8-10,12,20H,2-7,11H2,1H3. The minimum absolute atomic E-state index is 0.0365. The second-order valence-electron chi connectivity index (χ2n) is 6.73. The molecule has 2 fully saturated rings. The maximum Gasteiger partial charge on any atom is 0.126 e. The fourth-order valence-electron chi connectivity index (χ4n) is 3.96. The number of halogens is 2. The van der Waals surface area contributed by atoms with Crippen molar-refractivity contribution >= 4 is 0 Å². The number of benzene rings is 1. The molecular weight excluding hydrogens is 274 g/mol. The highest BCUT2D eigenvalue weighted by Crippen LogP contribution is 2.47. The SMILES string of the molecule is CC(O)(c1cc(F)cc(F)c1)C1CCOC2(CCCC2)C1. The number of hydrogen-bond donors (Lipinski definition) is 1. The van der Waals surface area contributed by atoms with Gasteiger partial charge in [-0.05, 0) is 56.2 Å². The second kappa shape index (κ2) is 5.33. The van der Waals surface area contributed by atoms with Gasteiger partial charge in [-0.25, -0.2) is 8.78 Å². The van der Waals surface area contributed by atoms with Crippen LogP contribution in [0.1, 0.15) is 51.0 Å². The van der Waals surface area contributed by atoms with Crippen molar-refractivity contribution < 1.29 is 18.6 Å². The van der Waals surface area contributed by atoms with E-state index in [0.717, 1.165) is 38.2 Å². The Labute approximate surface area is 124 Å². The van der Waals surface area contributed by atoms with E-state index in [-0.39, 0.29) is 11.5 Å². The van der Waals surface area contributed by atoms with E-state index in [9.17, 15) is 13.9 Å². The van der Waals surface area contributed by atoms with Gasteiger partial charge in [0.25, 0.3) is 0 Å². The topological polar surface area (TPSA) is 29.5 Å². The number of ether oxygens (including phenoxy) is 1. The first-order valence-corrected chi connectivity index (χ1v) is 7.74. The van der Waals surface area contributed by atoms with Crippen LogP contribution in [0.15, 0.2) is 18.2 Å². The molecule has 2 unspecified atom stereocenters.